The molecule has 7 nitrogen and oxygen atoms in total. The van der Waals surface area contributed by atoms with Crippen molar-refractivity contribution < 1.29 is 23.9 Å². The Labute approximate surface area is 182 Å². The van der Waals surface area contributed by atoms with E-state index in [9.17, 15) is 19.5 Å². The largest absolute Gasteiger partial charge is 0.478 e. The number of nitrogens with zero attached hydrogens (tertiary/aromatic N) is 2. The van der Waals surface area contributed by atoms with Crippen LogP contribution in [0.15, 0.2) is 52.0 Å². The minimum Gasteiger partial charge on any atom is -0.478 e. The second-order valence-electron chi connectivity index (χ2n) is 8.59. The highest BCUT2D eigenvalue weighted by Crippen LogP contribution is 2.65. The minimum atomic E-state index is -1.13. The van der Waals surface area contributed by atoms with Crippen LogP contribution in [0.5, 0.6) is 0 Å². The van der Waals surface area contributed by atoms with Gasteiger partial charge in [0.2, 0.25) is 0 Å². The molecule has 1 aromatic heterocycles. The second kappa shape index (κ2) is 6.40. The van der Waals surface area contributed by atoms with Gasteiger partial charge in [0.05, 0.1) is 28.6 Å². The highest BCUT2D eigenvalue weighted by Gasteiger charge is 2.67. The monoisotopic (exact) mass is 436 g/mol. The Hall–Kier alpha value is -3.19. The number of furan rings is 1. The van der Waals surface area contributed by atoms with Crippen LogP contribution in [-0.2, 0) is 9.59 Å². The van der Waals surface area contributed by atoms with E-state index >= 15 is 0 Å². The van der Waals surface area contributed by atoms with Crippen LogP contribution >= 0.6 is 11.6 Å². The van der Waals surface area contributed by atoms with Crippen LogP contribution in [0.3, 0.4) is 0 Å². The summed E-state index contributed by atoms with van der Waals surface area (Å²) in [7, 11) is 0. The second-order valence-corrected chi connectivity index (χ2v) is 9.00. The number of halogens is 1. The maximum Gasteiger partial charge on any atom is 0.337 e. The molecular weight excluding hydrogens is 420 g/mol. The predicted octanol–water partition coefficient (Wildman–Crippen LogP) is 3.69. The van der Waals surface area contributed by atoms with Gasteiger partial charge >= 0.3 is 5.97 Å². The third-order valence-corrected chi connectivity index (χ3v) is 7.38. The van der Waals surface area contributed by atoms with Crippen molar-refractivity contribution in [1.29, 1.82) is 0 Å². The number of imide groups is 1. The minimum absolute atomic E-state index is 0.0251. The quantitative estimate of drug-likeness (QED) is 0.447. The first-order valence-corrected chi connectivity index (χ1v) is 10.5. The average Bonchev–Trinajstić information content (AvgIpc) is 3.39. The van der Waals surface area contributed by atoms with Crippen LogP contribution in [0.2, 0.25) is 5.02 Å². The number of rotatable bonds is 4. The van der Waals surface area contributed by atoms with Gasteiger partial charge in [-0.15, -0.1) is 0 Å². The molecule has 1 aromatic carbocycles. The van der Waals surface area contributed by atoms with E-state index in [1.807, 2.05) is 0 Å². The van der Waals surface area contributed by atoms with Crippen molar-refractivity contribution in [2.24, 2.45) is 40.6 Å². The van der Waals surface area contributed by atoms with Crippen LogP contribution < -0.4 is 0 Å². The predicted molar refractivity (Wildman–Crippen MR) is 110 cm³/mol. The molecule has 1 saturated heterocycles. The molecule has 2 amide bonds. The number of aromatic carboxylic acids is 1. The average molecular weight is 437 g/mol. The zero-order valence-corrected chi connectivity index (χ0v) is 16.9. The molecule has 2 aromatic rings. The summed E-state index contributed by atoms with van der Waals surface area (Å²) in [5.74, 6) is -0.0124. The highest BCUT2D eigenvalue weighted by molar-refractivity contribution is 6.33. The smallest absolute Gasteiger partial charge is 0.337 e. The van der Waals surface area contributed by atoms with Crippen molar-refractivity contribution >= 4 is 35.6 Å². The van der Waals surface area contributed by atoms with Crippen molar-refractivity contribution in [1.82, 2.24) is 5.01 Å². The van der Waals surface area contributed by atoms with Gasteiger partial charge in [-0.05, 0) is 60.4 Å². The van der Waals surface area contributed by atoms with Crippen LogP contribution in [0, 0.1) is 35.5 Å². The van der Waals surface area contributed by atoms with Crippen molar-refractivity contribution in [3.63, 3.8) is 0 Å². The lowest BCUT2D eigenvalue weighted by Crippen LogP contribution is -2.40. The van der Waals surface area contributed by atoms with E-state index in [0.717, 1.165) is 11.4 Å². The van der Waals surface area contributed by atoms with Gasteiger partial charge in [-0.2, -0.15) is 10.1 Å². The van der Waals surface area contributed by atoms with Gasteiger partial charge in [-0.3, -0.25) is 9.59 Å². The van der Waals surface area contributed by atoms with Crippen molar-refractivity contribution in [2.75, 3.05) is 0 Å². The summed E-state index contributed by atoms with van der Waals surface area (Å²) in [6.45, 7) is 0. The Morgan fingerprint density at radius 3 is 2.42 bits per heavy atom. The molecule has 5 aliphatic rings. The van der Waals surface area contributed by atoms with Gasteiger partial charge in [0, 0.05) is 5.56 Å². The first kappa shape index (κ1) is 18.6. The molecule has 2 heterocycles. The van der Waals surface area contributed by atoms with Gasteiger partial charge in [0.15, 0.2) is 0 Å². The van der Waals surface area contributed by atoms with E-state index in [2.05, 4.69) is 17.3 Å². The zero-order valence-electron chi connectivity index (χ0n) is 16.1. The molecule has 2 bridgehead atoms. The number of carbonyl (C=O) groups is 3. The Morgan fingerprint density at radius 1 is 1.10 bits per heavy atom. The molecule has 0 unspecified atom stereocenters. The lowest BCUT2D eigenvalue weighted by atomic mass is 9.63. The van der Waals surface area contributed by atoms with Crippen LogP contribution in [0.1, 0.15) is 22.5 Å². The van der Waals surface area contributed by atoms with E-state index in [1.165, 1.54) is 18.3 Å². The van der Waals surface area contributed by atoms with Gasteiger partial charge in [0.25, 0.3) is 11.8 Å². The fourth-order valence-corrected chi connectivity index (χ4v) is 5.79. The van der Waals surface area contributed by atoms with Crippen molar-refractivity contribution in [3.05, 3.63) is 58.8 Å². The molecule has 1 N–H and O–H groups in total. The number of carboxylic acids is 1. The van der Waals surface area contributed by atoms with E-state index in [0.29, 0.717) is 28.9 Å². The van der Waals surface area contributed by atoms with Gasteiger partial charge in [-0.1, -0.05) is 23.8 Å². The summed E-state index contributed by atoms with van der Waals surface area (Å²) in [5, 5.41) is 14.5. The summed E-state index contributed by atoms with van der Waals surface area (Å²) in [6, 6.07) is 7.89. The molecular formula is C23H17ClN2O5. The van der Waals surface area contributed by atoms with Crippen molar-refractivity contribution in [2.45, 2.75) is 6.42 Å². The molecule has 7 rings (SSSR count). The number of hydrazone groups is 1. The summed E-state index contributed by atoms with van der Waals surface area (Å²) in [6.07, 6.45) is 6.70. The molecule has 31 heavy (non-hydrogen) atoms. The maximum atomic E-state index is 12.9. The number of hydrogen-bond donors (Lipinski definition) is 1. The summed E-state index contributed by atoms with van der Waals surface area (Å²) >= 11 is 5.92. The molecule has 4 aliphatic carbocycles. The summed E-state index contributed by atoms with van der Waals surface area (Å²) in [5.41, 5.74) is 0.519. The number of hydrogen-bond acceptors (Lipinski definition) is 5. The molecule has 2 saturated carbocycles. The molecule has 8 heteroatoms. The third-order valence-electron chi connectivity index (χ3n) is 7.05. The van der Waals surface area contributed by atoms with E-state index in [1.54, 1.807) is 18.2 Å². The molecule has 0 spiro atoms. The Bertz CT molecular complexity index is 1180. The molecule has 1 aliphatic heterocycles. The fourth-order valence-electron chi connectivity index (χ4n) is 5.59. The number of carboxylic acid groups (broad SMARTS) is 1. The van der Waals surface area contributed by atoms with Crippen LogP contribution in [-0.4, -0.2) is 34.1 Å². The van der Waals surface area contributed by atoms with Gasteiger partial charge in [0.1, 0.15) is 11.5 Å². The SMILES string of the molecule is O=C(O)c1cc(-c2ccc(/C=N\N3C(=O)[C@@H]4[C@@H]5C=C[C@H]([C@@H]6C[C@H]56)[C@H]4C3=O)o2)ccc1Cl. The van der Waals surface area contributed by atoms with E-state index in [4.69, 9.17) is 16.0 Å². The Kier molecular flexibility index (Phi) is 3.84. The molecule has 6 atom stereocenters. The van der Waals surface area contributed by atoms with E-state index < -0.39 is 5.97 Å². The summed E-state index contributed by atoms with van der Waals surface area (Å²) < 4.78 is 5.73. The lowest BCUT2D eigenvalue weighted by Gasteiger charge is -2.37. The van der Waals surface area contributed by atoms with Gasteiger partial charge in [-0.25, -0.2) is 4.79 Å². The number of carbonyl (C=O) groups excluding carboxylic acids is 2. The van der Waals surface area contributed by atoms with Crippen LogP contribution in [0.4, 0.5) is 0 Å². The van der Waals surface area contributed by atoms with Crippen LogP contribution in [0.25, 0.3) is 11.3 Å². The molecule has 0 radical (unpaired) electrons. The number of amides is 2. The normalized spacial score (nSPS) is 32.6. The lowest BCUT2D eigenvalue weighted by molar-refractivity contribution is -0.140. The standard InChI is InChI=1S/C23H17ClN2O5/c24-17-5-1-10(7-16(17)23(29)30)18-6-2-11(31-18)9-25-26-21(27)19-12-3-4-13(15-8-14(12)15)20(19)22(26)28/h1-7,9,12-15,19-20H,8H2,(H,29,30)/b25-9-/t12-,13-,14-,15+,19-,20-/m1/s1. The maximum absolute atomic E-state index is 12.9. The first-order valence-electron chi connectivity index (χ1n) is 10.2. The molecule has 156 valence electrons. The first-order chi connectivity index (χ1) is 14.9. The highest BCUT2D eigenvalue weighted by atomic mass is 35.5. The van der Waals surface area contributed by atoms with E-state index in [-0.39, 0.29) is 46.1 Å². The van der Waals surface area contributed by atoms with Crippen molar-refractivity contribution in [3.8, 4) is 11.3 Å². The fraction of sp³-hybridized carbons (Fsp3) is 0.304. The topological polar surface area (TPSA) is 100 Å². The van der Waals surface area contributed by atoms with Gasteiger partial charge < -0.3 is 9.52 Å². The Balaban J connectivity index is 1.24. The Morgan fingerprint density at radius 2 is 1.77 bits per heavy atom. The molecule has 3 fully saturated rings. The summed E-state index contributed by atoms with van der Waals surface area (Å²) in [4.78, 5) is 37.2. The number of allylic oxidation sites excluding steroid dienone is 2. The number of benzene rings is 1. The zero-order chi connectivity index (χ0) is 21.4. The third kappa shape index (κ3) is 2.66.